The average Bonchev–Trinajstić information content (AvgIpc) is 2.52. The Balaban J connectivity index is 3.13. The highest BCUT2D eigenvalue weighted by atomic mass is 32.1. The topological polar surface area (TPSA) is 24.1 Å². The van der Waals surface area contributed by atoms with Gasteiger partial charge in [0.05, 0.1) is 0 Å². The van der Waals surface area contributed by atoms with Crippen LogP contribution in [0, 0.1) is 5.41 Å². The Morgan fingerprint density at radius 2 is 1.46 bits per heavy atom. The lowest BCUT2D eigenvalue weighted by Crippen LogP contribution is -2.43. The molecule has 3 unspecified atom stereocenters. The van der Waals surface area contributed by atoms with Crippen LogP contribution in [-0.2, 0) is 0 Å². The van der Waals surface area contributed by atoms with Crippen molar-refractivity contribution in [3.8, 4) is 0 Å². The minimum atomic E-state index is 0.168. The van der Waals surface area contributed by atoms with Crippen molar-refractivity contribution in [3.05, 3.63) is 29.3 Å². The molecule has 0 aliphatic rings. The molecule has 0 aromatic heterocycles. The van der Waals surface area contributed by atoms with Gasteiger partial charge >= 0.3 is 0 Å². The first kappa shape index (κ1) is 21.0. The number of benzene rings is 1. The maximum Gasteiger partial charge on any atom is 0.171 e. The number of para-hydroxylation sites is 1. The van der Waals surface area contributed by atoms with E-state index in [1.54, 1.807) is 0 Å². The predicted molar refractivity (Wildman–Crippen MR) is 112 cm³/mol. The van der Waals surface area contributed by atoms with Gasteiger partial charge in [-0.15, -0.1) is 0 Å². The van der Waals surface area contributed by atoms with Gasteiger partial charge in [-0.05, 0) is 60.4 Å². The molecule has 2 N–H and O–H groups in total. The Bertz CT molecular complexity index is 517. The first-order chi connectivity index (χ1) is 11.1. The van der Waals surface area contributed by atoms with E-state index in [0.29, 0.717) is 17.9 Å². The van der Waals surface area contributed by atoms with Gasteiger partial charge in [-0.2, -0.15) is 0 Å². The third kappa shape index (κ3) is 5.47. The van der Waals surface area contributed by atoms with E-state index in [-0.39, 0.29) is 5.41 Å². The molecule has 0 aliphatic carbocycles. The largest absolute Gasteiger partial charge is 0.359 e. The predicted octanol–water partition coefficient (Wildman–Crippen LogP) is 6.43. The lowest BCUT2D eigenvalue weighted by Gasteiger charge is -2.30. The maximum absolute atomic E-state index is 5.62. The monoisotopic (exact) mass is 348 g/mol. The molecular weight excluding hydrogens is 312 g/mol. The van der Waals surface area contributed by atoms with Gasteiger partial charge < -0.3 is 10.6 Å². The Kier molecular flexibility index (Phi) is 7.72. The summed E-state index contributed by atoms with van der Waals surface area (Å²) in [5.41, 5.74) is 4.10. The molecule has 0 bridgehead atoms. The molecule has 1 aromatic rings. The molecule has 0 aliphatic heterocycles. The molecule has 0 saturated carbocycles. The molecule has 0 heterocycles. The molecule has 3 atom stereocenters. The highest BCUT2D eigenvalue weighted by molar-refractivity contribution is 7.80. The van der Waals surface area contributed by atoms with Crippen molar-refractivity contribution >= 4 is 23.0 Å². The molecule has 1 rings (SSSR count). The Hall–Kier alpha value is -1.09. The summed E-state index contributed by atoms with van der Waals surface area (Å²) in [4.78, 5) is 0. The number of nitrogens with one attached hydrogen (secondary N) is 2. The quantitative estimate of drug-likeness (QED) is 0.579. The van der Waals surface area contributed by atoms with Crippen molar-refractivity contribution in [1.29, 1.82) is 0 Å². The van der Waals surface area contributed by atoms with E-state index in [2.05, 4.69) is 84.2 Å². The molecule has 3 heteroatoms. The highest BCUT2D eigenvalue weighted by Gasteiger charge is 2.22. The van der Waals surface area contributed by atoms with Crippen molar-refractivity contribution in [3.63, 3.8) is 0 Å². The van der Waals surface area contributed by atoms with Crippen molar-refractivity contribution in [1.82, 2.24) is 5.32 Å². The van der Waals surface area contributed by atoms with Crippen LogP contribution in [0.15, 0.2) is 18.2 Å². The van der Waals surface area contributed by atoms with Gasteiger partial charge in [0, 0.05) is 11.7 Å². The van der Waals surface area contributed by atoms with Crippen LogP contribution in [0.3, 0.4) is 0 Å². The van der Waals surface area contributed by atoms with Gasteiger partial charge in [-0.1, -0.05) is 66.7 Å². The summed E-state index contributed by atoms with van der Waals surface area (Å²) in [6.07, 6.45) is 2.24. The van der Waals surface area contributed by atoms with Crippen LogP contribution in [0.1, 0.15) is 91.2 Å². The average molecular weight is 349 g/mol. The van der Waals surface area contributed by atoms with Gasteiger partial charge in [0.15, 0.2) is 5.11 Å². The fourth-order valence-corrected chi connectivity index (χ4v) is 2.84. The van der Waals surface area contributed by atoms with E-state index in [0.717, 1.165) is 18.0 Å². The Labute approximate surface area is 154 Å². The first-order valence-corrected chi connectivity index (χ1v) is 9.72. The summed E-state index contributed by atoms with van der Waals surface area (Å²) in [6, 6.07) is 6.96. The van der Waals surface area contributed by atoms with Crippen LogP contribution in [-0.4, -0.2) is 11.2 Å². The second-order valence-corrected chi connectivity index (χ2v) is 8.52. The van der Waals surface area contributed by atoms with Crippen molar-refractivity contribution in [2.45, 2.75) is 86.1 Å². The van der Waals surface area contributed by atoms with Crippen molar-refractivity contribution in [2.75, 3.05) is 5.32 Å². The summed E-state index contributed by atoms with van der Waals surface area (Å²) < 4.78 is 0. The molecule has 0 saturated heterocycles. The lowest BCUT2D eigenvalue weighted by atomic mass is 9.88. The molecule has 0 amide bonds. The zero-order chi connectivity index (χ0) is 18.5. The van der Waals surface area contributed by atoms with E-state index >= 15 is 0 Å². The maximum atomic E-state index is 5.62. The second kappa shape index (κ2) is 8.84. The number of hydrogen-bond acceptors (Lipinski definition) is 1. The van der Waals surface area contributed by atoms with E-state index < -0.39 is 0 Å². The Morgan fingerprint density at radius 1 is 1.00 bits per heavy atom. The second-order valence-electron chi connectivity index (χ2n) is 8.12. The minimum Gasteiger partial charge on any atom is -0.359 e. The van der Waals surface area contributed by atoms with Crippen LogP contribution < -0.4 is 10.6 Å². The molecular formula is C21H36N2S. The van der Waals surface area contributed by atoms with Gasteiger partial charge in [-0.3, -0.25) is 0 Å². The summed E-state index contributed by atoms with van der Waals surface area (Å²) in [5.74, 6) is 1.03. The van der Waals surface area contributed by atoms with Gasteiger partial charge in [-0.25, -0.2) is 0 Å². The molecule has 0 spiro atoms. The van der Waals surface area contributed by atoms with E-state index in [9.17, 15) is 0 Å². The molecule has 1 aromatic carbocycles. The van der Waals surface area contributed by atoms with Crippen LogP contribution >= 0.6 is 12.2 Å². The Morgan fingerprint density at radius 3 is 1.83 bits per heavy atom. The first-order valence-electron chi connectivity index (χ1n) is 9.32. The number of rotatable bonds is 6. The number of thiocarbonyl (C=S) groups is 1. The van der Waals surface area contributed by atoms with Crippen molar-refractivity contribution in [2.24, 2.45) is 5.41 Å². The minimum absolute atomic E-state index is 0.168. The summed E-state index contributed by atoms with van der Waals surface area (Å²) in [5, 5.41) is 7.71. The van der Waals surface area contributed by atoms with Gasteiger partial charge in [0.25, 0.3) is 0 Å². The smallest absolute Gasteiger partial charge is 0.171 e. The number of hydrogen-bond donors (Lipinski definition) is 2. The van der Waals surface area contributed by atoms with Crippen LogP contribution in [0.25, 0.3) is 0 Å². The van der Waals surface area contributed by atoms with Crippen LogP contribution in [0.2, 0.25) is 0 Å². The summed E-state index contributed by atoms with van der Waals surface area (Å²) >= 11 is 5.62. The molecule has 24 heavy (non-hydrogen) atoms. The fourth-order valence-electron chi connectivity index (χ4n) is 2.56. The van der Waals surface area contributed by atoms with Crippen LogP contribution in [0.5, 0.6) is 0 Å². The molecule has 136 valence electrons. The standard InChI is InChI=1S/C21H36N2S/c1-9-14(3)17-12-11-13-18(15(4)10-2)19(17)23-20(24)22-16(5)21(6,7)8/h11-16H,9-10H2,1-8H3,(H2,22,23,24). The molecule has 0 fully saturated rings. The third-order valence-electron chi connectivity index (χ3n) is 5.30. The lowest BCUT2D eigenvalue weighted by molar-refractivity contribution is 0.317. The van der Waals surface area contributed by atoms with E-state index in [1.807, 2.05) is 0 Å². The highest BCUT2D eigenvalue weighted by Crippen LogP contribution is 2.35. The fraction of sp³-hybridized carbons (Fsp3) is 0.667. The third-order valence-corrected chi connectivity index (χ3v) is 5.52. The number of anilines is 1. The zero-order valence-corrected chi connectivity index (χ0v) is 17.6. The summed E-state index contributed by atoms with van der Waals surface area (Å²) in [6.45, 7) is 17.9. The normalized spacial score (nSPS) is 15.5. The van der Waals surface area contributed by atoms with E-state index in [1.165, 1.54) is 16.8 Å². The zero-order valence-electron chi connectivity index (χ0n) is 16.8. The van der Waals surface area contributed by atoms with Gasteiger partial charge in [0.1, 0.15) is 0 Å². The van der Waals surface area contributed by atoms with E-state index in [4.69, 9.17) is 12.2 Å². The SMILES string of the molecule is CCC(C)c1cccc(C(C)CC)c1NC(=S)NC(C)C(C)(C)C. The molecule has 2 nitrogen and oxygen atoms in total. The molecule has 0 radical (unpaired) electrons. The summed E-state index contributed by atoms with van der Waals surface area (Å²) in [7, 11) is 0. The van der Waals surface area contributed by atoms with Crippen LogP contribution in [0.4, 0.5) is 5.69 Å². The van der Waals surface area contributed by atoms with Gasteiger partial charge in [0.2, 0.25) is 0 Å². The van der Waals surface area contributed by atoms with Crippen molar-refractivity contribution < 1.29 is 0 Å².